The topological polar surface area (TPSA) is 74.6 Å². The third-order valence-corrected chi connectivity index (χ3v) is 4.43. The van der Waals surface area contributed by atoms with E-state index in [9.17, 15) is 9.59 Å². The zero-order valence-electron chi connectivity index (χ0n) is 14.1. The Hall–Kier alpha value is -3.45. The minimum Gasteiger partial charge on any atom is -0.459 e. The smallest absolute Gasteiger partial charge is 0.293 e. The maximum absolute atomic E-state index is 12.5. The summed E-state index contributed by atoms with van der Waals surface area (Å²) in [7, 11) is 0. The fourth-order valence-corrected chi connectivity index (χ4v) is 3.13. The van der Waals surface area contributed by atoms with Gasteiger partial charge in [-0.05, 0) is 60.2 Å². The minimum atomic E-state index is -0.422. The second kappa shape index (κ2) is 7.05. The summed E-state index contributed by atoms with van der Waals surface area (Å²) in [6.45, 7) is 0.555. The van der Waals surface area contributed by atoms with Crippen molar-refractivity contribution in [1.29, 1.82) is 0 Å². The number of carbonyl (C=O) groups excluding carboxylic acids is 2. The Bertz CT molecular complexity index is 1010. The molecule has 0 radical (unpaired) electrons. The molecule has 3 aromatic rings. The number of fused-ring (bicyclic) bond motifs is 1. The molecule has 6 nitrogen and oxygen atoms in total. The Labute approximate surface area is 160 Å². The van der Waals surface area contributed by atoms with E-state index in [-0.39, 0.29) is 16.8 Å². The summed E-state index contributed by atoms with van der Waals surface area (Å²) in [5, 5.41) is 5.64. The molecule has 27 heavy (non-hydrogen) atoms. The highest BCUT2D eigenvalue weighted by molar-refractivity contribution is 7.80. The molecule has 0 saturated carbocycles. The summed E-state index contributed by atoms with van der Waals surface area (Å²) in [6, 6.07) is 18.1. The van der Waals surface area contributed by atoms with Crippen LogP contribution in [-0.2, 0) is 6.54 Å². The van der Waals surface area contributed by atoms with Gasteiger partial charge in [0.1, 0.15) is 0 Å². The van der Waals surface area contributed by atoms with Gasteiger partial charge in [-0.3, -0.25) is 14.9 Å². The number of anilines is 2. The van der Waals surface area contributed by atoms with Crippen molar-refractivity contribution in [3.8, 4) is 0 Å². The van der Waals surface area contributed by atoms with Crippen LogP contribution in [0.5, 0.6) is 0 Å². The first-order valence-electron chi connectivity index (χ1n) is 8.27. The molecule has 1 aliphatic heterocycles. The molecule has 2 heterocycles. The van der Waals surface area contributed by atoms with Crippen LogP contribution in [0.4, 0.5) is 11.4 Å². The lowest BCUT2D eigenvalue weighted by Crippen LogP contribution is -2.33. The number of nitrogens with one attached hydrogen (secondary N) is 2. The van der Waals surface area contributed by atoms with Crippen molar-refractivity contribution in [2.24, 2.45) is 0 Å². The molecule has 0 atom stereocenters. The molecule has 4 rings (SSSR count). The van der Waals surface area contributed by atoms with E-state index < -0.39 is 5.91 Å². The van der Waals surface area contributed by atoms with E-state index in [0.717, 1.165) is 16.8 Å². The number of hydrogen-bond donors (Lipinski definition) is 2. The average Bonchev–Trinajstić information content (AvgIpc) is 3.31. The molecule has 134 valence electrons. The van der Waals surface area contributed by atoms with Gasteiger partial charge in [0.15, 0.2) is 10.9 Å². The van der Waals surface area contributed by atoms with Gasteiger partial charge < -0.3 is 14.6 Å². The fraction of sp³-hybridized carbons (Fsp3) is 0.0500. The molecular formula is C20H15N3O3S. The highest BCUT2D eigenvalue weighted by atomic mass is 32.1. The summed E-state index contributed by atoms with van der Waals surface area (Å²) in [4.78, 5) is 26.2. The van der Waals surface area contributed by atoms with E-state index in [1.54, 1.807) is 29.2 Å². The number of furan rings is 1. The van der Waals surface area contributed by atoms with E-state index in [0.29, 0.717) is 12.2 Å². The molecular weight excluding hydrogens is 362 g/mol. The Morgan fingerprint density at radius 1 is 1.04 bits per heavy atom. The lowest BCUT2D eigenvalue weighted by atomic mass is 10.1. The van der Waals surface area contributed by atoms with Crippen LogP contribution in [0.3, 0.4) is 0 Å². The highest BCUT2D eigenvalue weighted by Crippen LogP contribution is 2.28. The average molecular weight is 377 g/mol. The summed E-state index contributed by atoms with van der Waals surface area (Å²) < 4.78 is 5.02. The van der Waals surface area contributed by atoms with Gasteiger partial charge in [0.2, 0.25) is 0 Å². The van der Waals surface area contributed by atoms with Crippen molar-refractivity contribution in [2.45, 2.75) is 6.54 Å². The van der Waals surface area contributed by atoms with Crippen LogP contribution in [0.1, 0.15) is 26.5 Å². The molecule has 0 saturated heterocycles. The quantitative estimate of drug-likeness (QED) is 0.683. The molecule has 0 fully saturated rings. The van der Waals surface area contributed by atoms with Crippen LogP contribution in [0, 0.1) is 0 Å². The van der Waals surface area contributed by atoms with E-state index in [2.05, 4.69) is 10.6 Å². The Morgan fingerprint density at radius 3 is 2.52 bits per heavy atom. The maximum Gasteiger partial charge on any atom is 0.293 e. The minimum absolute atomic E-state index is 0.00691. The van der Waals surface area contributed by atoms with E-state index >= 15 is 0 Å². The van der Waals surface area contributed by atoms with Crippen molar-refractivity contribution in [1.82, 2.24) is 5.32 Å². The molecule has 1 aliphatic rings. The maximum atomic E-state index is 12.5. The van der Waals surface area contributed by atoms with Gasteiger partial charge in [0, 0.05) is 16.9 Å². The first-order chi connectivity index (χ1) is 13.1. The van der Waals surface area contributed by atoms with Crippen molar-refractivity contribution >= 4 is 40.5 Å². The molecule has 0 aliphatic carbocycles. The third-order valence-electron chi connectivity index (χ3n) is 4.23. The normalized spacial score (nSPS) is 12.6. The van der Waals surface area contributed by atoms with Crippen LogP contribution < -0.4 is 15.5 Å². The largest absolute Gasteiger partial charge is 0.459 e. The predicted molar refractivity (Wildman–Crippen MR) is 106 cm³/mol. The molecule has 2 N–H and O–H groups in total. The van der Waals surface area contributed by atoms with Crippen LogP contribution in [0.25, 0.3) is 0 Å². The number of rotatable bonds is 3. The van der Waals surface area contributed by atoms with Crippen LogP contribution in [0.2, 0.25) is 0 Å². The summed E-state index contributed by atoms with van der Waals surface area (Å²) >= 11 is 5.14. The van der Waals surface area contributed by atoms with E-state index in [4.69, 9.17) is 16.6 Å². The van der Waals surface area contributed by atoms with Gasteiger partial charge in [-0.2, -0.15) is 0 Å². The molecule has 7 heteroatoms. The highest BCUT2D eigenvalue weighted by Gasteiger charge is 2.27. The van der Waals surface area contributed by atoms with E-state index in [1.807, 2.05) is 36.4 Å². The number of nitrogens with zero attached hydrogens (tertiary/aromatic N) is 1. The van der Waals surface area contributed by atoms with Gasteiger partial charge in [0.25, 0.3) is 11.8 Å². The predicted octanol–water partition coefficient (Wildman–Crippen LogP) is 3.57. The number of thiocarbonyl (C=S) groups is 1. The molecule has 0 spiro atoms. The Balaban J connectivity index is 1.40. The van der Waals surface area contributed by atoms with Crippen LogP contribution >= 0.6 is 12.2 Å². The van der Waals surface area contributed by atoms with Gasteiger partial charge >= 0.3 is 0 Å². The number of carbonyl (C=O) groups is 2. The summed E-state index contributed by atoms with van der Waals surface area (Å²) in [6.07, 6.45) is 1.42. The molecule has 2 aromatic carbocycles. The number of hydrogen-bond acceptors (Lipinski definition) is 4. The van der Waals surface area contributed by atoms with Gasteiger partial charge in [0.05, 0.1) is 12.8 Å². The van der Waals surface area contributed by atoms with Crippen molar-refractivity contribution < 1.29 is 14.0 Å². The number of amides is 2. The van der Waals surface area contributed by atoms with Crippen LogP contribution in [0.15, 0.2) is 71.3 Å². The van der Waals surface area contributed by atoms with Gasteiger partial charge in [-0.25, -0.2) is 0 Å². The van der Waals surface area contributed by atoms with Crippen molar-refractivity contribution in [3.05, 3.63) is 83.8 Å². The Kier molecular flexibility index (Phi) is 4.43. The molecule has 1 aromatic heterocycles. The van der Waals surface area contributed by atoms with Crippen molar-refractivity contribution in [2.75, 3.05) is 10.2 Å². The molecule has 0 unspecified atom stereocenters. The molecule has 0 bridgehead atoms. The first kappa shape index (κ1) is 17.0. The summed E-state index contributed by atoms with van der Waals surface area (Å²) in [5.74, 6) is -0.247. The lowest BCUT2D eigenvalue weighted by Gasteiger charge is -2.16. The Morgan fingerprint density at radius 2 is 1.81 bits per heavy atom. The van der Waals surface area contributed by atoms with Gasteiger partial charge in [-0.15, -0.1) is 0 Å². The second-order valence-electron chi connectivity index (χ2n) is 5.98. The number of benzene rings is 2. The summed E-state index contributed by atoms with van der Waals surface area (Å²) in [5.41, 5.74) is 3.26. The standard InChI is InChI=1S/C20H15N3O3S/c24-18(17-6-3-11-26-17)22-20(27)21-14-7-9-15(10-8-14)23-12-13-4-1-2-5-16(13)19(23)25/h1-11H,12H2,(H2,21,22,24,27). The zero-order chi connectivity index (χ0) is 18.8. The van der Waals surface area contributed by atoms with Crippen molar-refractivity contribution in [3.63, 3.8) is 0 Å². The molecule has 2 amide bonds. The monoisotopic (exact) mass is 377 g/mol. The zero-order valence-corrected chi connectivity index (χ0v) is 15.0. The fourth-order valence-electron chi connectivity index (χ4n) is 2.92. The van der Waals surface area contributed by atoms with Crippen LogP contribution in [-0.4, -0.2) is 16.9 Å². The lowest BCUT2D eigenvalue weighted by molar-refractivity contribution is 0.0949. The van der Waals surface area contributed by atoms with E-state index in [1.165, 1.54) is 6.26 Å². The SMILES string of the molecule is O=C(NC(=S)Nc1ccc(N2Cc3ccccc3C2=O)cc1)c1ccco1. The van der Waals surface area contributed by atoms with Gasteiger partial charge in [-0.1, -0.05) is 18.2 Å². The first-order valence-corrected chi connectivity index (χ1v) is 8.68. The second-order valence-corrected chi connectivity index (χ2v) is 6.39. The third kappa shape index (κ3) is 3.45.